The fraction of sp³-hybridized carbons (Fsp3) is 0.364. The Morgan fingerprint density at radius 3 is 2.24 bits per heavy atom. The standard InChI is InChI=1S/C22H25NO5S/c1-14(28-19(25)12-11-17(24)18-6-5-13-29-18)20(26)15-7-9-16(10-8-15)23-21(27)22(2,3)4/h5-10,13-14H,11-12H2,1-4H3,(H,23,27)/t14-/m0/s1. The van der Waals surface area contributed by atoms with Crippen LogP contribution in [0.4, 0.5) is 5.69 Å². The topological polar surface area (TPSA) is 89.5 Å². The molecule has 0 saturated carbocycles. The van der Waals surface area contributed by atoms with E-state index in [1.807, 2.05) is 20.8 Å². The summed E-state index contributed by atoms with van der Waals surface area (Å²) in [6.45, 7) is 6.93. The number of thiophene rings is 1. The summed E-state index contributed by atoms with van der Waals surface area (Å²) in [7, 11) is 0. The van der Waals surface area contributed by atoms with Gasteiger partial charge in [0.15, 0.2) is 11.9 Å². The molecule has 0 aliphatic heterocycles. The monoisotopic (exact) mass is 415 g/mol. The minimum Gasteiger partial charge on any atom is -0.454 e. The van der Waals surface area contributed by atoms with Crippen LogP contribution in [0.5, 0.6) is 0 Å². The molecule has 0 aliphatic rings. The normalized spacial score (nSPS) is 12.1. The van der Waals surface area contributed by atoms with E-state index in [2.05, 4.69) is 5.32 Å². The lowest BCUT2D eigenvalue weighted by atomic mass is 9.95. The summed E-state index contributed by atoms with van der Waals surface area (Å²) in [4.78, 5) is 49.0. The Balaban J connectivity index is 1.86. The van der Waals surface area contributed by atoms with Gasteiger partial charge in [-0.05, 0) is 42.6 Å². The van der Waals surface area contributed by atoms with Gasteiger partial charge in [-0.25, -0.2) is 0 Å². The van der Waals surface area contributed by atoms with E-state index in [9.17, 15) is 19.2 Å². The largest absolute Gasteiger partial charge is 0.454 e. The van der Waals surface area contributed by atoms with E-state index in [0.29, 0.717) is 16.1 Å². The van der Waals surface area contributed by atoms with Gasteiger partial charge in [0.05, 0.1) is 11.3 Å². The Hall–Kier alpha value is -2.80. The minimum absolute atomic E-state index is 0.0441. The van der Waals surface area contributed by atoms with Crippen molar-refractivity contribution in [1.29, 1.82) is 0 Å². The molecule has 1 N–H and O–H groups in total. The maximum Gasteiger partial charge on any atom is 0.306 e. The maximum absolute atomic E-state index is 12.5. The van der Waals surface area contributed by atoms with Crippen LogP contribution in [-0.2, 0) is 14.3 Å². The van der Waals surface area contributed by atoms with Gasteiger partial charge < -0.3 is 10.1 Å². The summed E-state index contributed by atoms with van der Waals surface area (Å²) in [5.74, 6) is -1.19. The fourth-order valence-corrected chi connectivity index (χ4v) is 3.05. The van der Waals surface area contributed by atoms with Crippen molar-refractivity contribution in [2.24, 2.45) is 5.41 Å². The molecule has 154 valence electrons. The van der Waals surface area contributed by atoms with Crippen molar-refractivity contribution in [3.63, 3.8) is 0 Å². The molecule has 2 rings (SSSR count). The molecule has 2 aromatic rings. The number of ether oxygens (including phenoxy) is 1. The SMILES string of the molecule is C[C@H](OC(=O)CCC(=O)c1cccs1)C(=O)c1ccc(NC(=O)C(C)(C)C)cc1. The predicted molar refractivity (Wildman–Crippen MR) is 112 cm³/mol. The highest BCUT2D eigenvalue weighted by Gasteiger charge is 2.22. The molecule has 7 heteroatoms. The van der Waals surface area contributed by atoms with Gasteiger partial charge in [-0.15, -0.1) is 11.3 Å². The highest BCUT2D eigenvalue weighted by molar-refractivity contribution is 7.12. The van der Waals surface area contributed by atoms with E-state index in [4.69, 9.17) is 4.74 Å². The van der Waals surface area contributed by atoms with Crippen molar-refractivity contribution in [2.45, 2.75) is 46.6 Å². The van der Waals surface area contributed by atoms with Gasteiger partial charge in [0, 0.05) is 23.1 Å². The number of Topliss-reactive ketones (excluding diaryl/α,β-unsaturated/α-hetero) is 2. The first-order chi connectivity index (χ1) is 13.6. The van der Waals surface area contributed by atoms with Crippen LogP contribution in [0.25, 0.3) is 0 Å². The van der Waals surface area contributed by atoms with E-state index in [1.54, 1.807) is 41.8 Å². The zero-order chi connectivity index (χ0) is 21.6. The third kappa shape index (κ3) is 6.64. The molecule has 0 saturated heterocycles. The molecule has 29 heavy (non-hydrogen) atoms. The van der Waals surface area contributed by atoms with Crippen molar-refractivity contribution >= 4 is 40.5 Å². The third-order valence-electron chi connectivity index (χ3n) is 4.14. The average molecular weight is 416 g/mol. The fourth-order valence-electron chi connectivity index (χ4n) is 2.36. The van der Waals surface area contributed by atoms with Crippen LogP contribution in [0.1, 0.15) is 60.6 Å². The van der Waals surface area contributed by atoms with Crippen LogP contribution >= 0.6 is 11.3 Å². The number of ketones is 2. The Bertz CT molecular complexity index is 879. The number of hydrogen-bond donors (Lipinski definition) is 1. The van der Waals surface area contributed by atoms with E-state index in [0.717, 1.165) is 0 Å². The van der Waals surface area contributed by atoms with Crippen LogP contribution < -0.4 is 5.32 Å². The zero-order valence-corrected chi connectivity index (χ0v) is 17.8. The second kappa shape index (κ2) is 9.60. The van der Waals surface area contributed by atoms with Crippen molar-refractivity contribution in [1.82, 2.24) is 0 Å². The highest BCUT2D eigenvalue weighted by Crippen LogP contribution is 2.19. The molecule has 1 heterocycles. The molecule has 0 fully saturated rings. The lowest BCUT2D eigenvalue weighted by Crippen LogP contribution is -2.27. The van der Waals surface area contributed by atoms with E-state index in [1.165, 1.54) is 18.3 Å². The zero-order valence-electron chi connectivity index (χ0n) is 17.0. The van der Waals surface area contributed by atoms with Crippen molar-refractivity contribution < 1.29 is 23.9 Å². The lowest BCUT2D eigenvalue weighted by Gasteiger charge is -2.18. The number of esters is 1. The van der Waals surface area contributed by atoms with Crippen molar-refractivity contribution in [3.05, 3.63) is 52.2 Å². The quantitative estimate of drug-likeness (QED) is 0.506. The average Bonchev–Trinajstić information content (AvgIpc) is 3.20. The number of rotatable bonds is 8. The van der Waals surface area contributed by atoms with Gasteiger partial charge in [0.25, 0.3) is 0 Å². The Morgan fingerprint density at radius 1 is 1.03 bits per heavy atom. The highest BCUT2D eigenvalue weighted by atomic mass is 32.1. The molecule has 0 spiro atoms. The van der Waals surface area contributed by atoms with Gasteiger partial charge in [0.1, 0.15) is 0 Å². The summed E-state index contributed by atoms with van der Waals surface area (Å²) < 4.78 is 5.17. The predicted octanol–water partition coefficient (Wildman–Crippen LogP) is 4.51. The van der Waals surface area contributed by atoms with E-state index < -0.39 is 17.5 Å². The molecule has 1 atom stereocenters. The molecular weight excluding hydrogens is 390 g/mol. The number of carbonyl (C=O) groups excluding carboxylic acids is 4. The van der Waals surface area contributed by atoms with Gasteiger partial charge in [-0.2, -0.15) is 0 Å². The molecule has 1 aromatic heterocycles. The third-order valence-corrected chi connectivity index (χ3v) is 5.05. The van der Waals surface area contributed by atoms with Gasteiger partial charge >= 0.3 is 5.97 Å². The molecule has 0 aliphatic carbocycles. The van der Waals surface area contributed by atoms with Crippen LogP contribution in [0.3, 0.4) is 0 Å². The molecule has 1 amide bonds. The number of anilines is 1. The summed E-state index contributed by atoms with van der Waals surface area (Å²) >= 11 is 1.32. The van der Waals surface area contributed by atoms with Crippen LogP contribution in [0.2, 0.25) is 0 Å². The molecular formula is C22H25NO5S. The van der Waals surface area contributed by atoms with Crippen LogP contribution in [0.15, 0.2) is 41.8 Å². The van der Waals surface area contributed by atoms with Crippen molar-refractivity contribution in [3.8, 4) is 0 Å². The number of amides is 1. The lowest BCUT2D eigenvalue weighted by molar-refractivity contribution is -0.146. The Labute approximate surface area is 174 Å². The van der Waals surface area contributed by atoms with Crippen LogP contribution in [-0.4, -0.2) is 29.5 Å². The summed E-state index contributed by atoms with van der Waals surface area (Å²) in [6.07, 6.45) is -0.997. The van der Waals surface area contributed by atoms with Gasteiger partial charge in [0.2, 0.25) is 11.7 Å². The Kier molecular flexibility index (Phi) is 7.45. The summed E-state index contributed by atoms with van der Waals surface area (Å²) in [5, 5.41) is 4.58. The second-order valence-electron chi connectivity index (χ2n) is 7.68. The number of carbonyl (C=O) groups is 4. The summed E-state index contributed by atoms with van der Waals surface area (Å²) in [5.41, 5.74) is 0.425. The maximum atomic E-state index is 12.5. The van der Waals surface area contributed by atoms with Gasteiger partial charge in [-0.1, -0.05) is 26.8 Å². The number of benzene rings is 1. The van der Waals surface area contributed by atoms with Crippen LogP contribution in [0, 0.1) is 5.41 Å². The second-order valence-corrected chi connectivity index (χ2v) is 8.63. The van der Waals surface area contributed by atoms with Crippen molar-refractivity contribution in [2.75, 3.05) is 5.32 Å². The number of nitrogens with one attached hydrogen (secondary N) is 1. The molecule has 6 nitrogen and oxygen atoms in total. The summed E-state index contributed by atoms with van der Waals surface area (Å²) in [6, 6.07) is 9.89. The first kappa shape index (κ1) is 22.5. The molecule has 1 aromatic carbocycles. The minimum atomic E-state index is -0.964. The number of hydrogen-bond acceptors (Lipinski definition) is 6. The first-order valence-electron chi connectivity index (χ1n) is 9.30. The van der Waals surface area contributed by atoms with E-state index >= 15 is 0 Å². The molecule has 0 radical (unpaired) electrons. The molecule has 0 bridgehead atoms. The Morgan fingerprint density at radius 2 is 1.69 bits per heavy atom. The van der Waals surface area contributed by atoms with Gasteiger partial charge in [-0.3, -0.25) is 19.2 Å². The smallest absolute Gasteiger partial charge is 0.306 e. The van der Waals surface area contributed by atoms with E-state index in [-0.39, 0.29) is 30.3 Å². The first-order valence-corrected chi connectivity index (χ1v) is 10.2. The molecule has 0 unspecified atom stereocenters.